The van der Waals surface area contributed by atoms with E-state index >= 15 is 0 Å². The van der Waals surface area contributed by atoms with Crippen molar-refractivity contribution in [2.75, 3.05) is 68.2 Å². The van der Waals surface area contributed by atoms with Gasteiger partial charge in [0.25, 0.3) is 32.2 Å². The molecule has 2 aliphatic carbocycles. The van der Waals surface area contributed by atoms with E-state index in [1.165, 1.54) is 89.1 Å². The van der Waals surface area contributed by atoms with E-state index in [0.717, 1.165) is 88.3 Å². The Morgan fingerprint density at radius 2 is 0.918 bits per heavy atom. The van der Waals surface area contributed by atoms with Crippen molar-refractivity contribution in [2.45, 2.75) is 121 Å². The maximum Gasteiger partial charge on any atom is 0.337 e. The van der Waals surface area contributed by atoms with Gasteiger partial charge in [-0.05, 0) is 116 Å². The molecule has 0 bridgehead atoms. The van der Waals surface area contributed by atoms with Crippen molar-refractivity contribution in [2.24, 2.45) is 29.5 Å². The third-order valence-electron chi connectivity index (χ3n) is 16.2. The molecule has 0 radical (unpaired) electrons. The second kappa shape index (κ2) is 31.5. The highest BCUT2D eigenvalue weighted by atomic mass is 32.2. The fraction of sp³-hybridized carbons (Fsp3) is 0.492. The first-order chi connectivity index (χ1) is 40.5. The van der Waals surface area contributed by atoms with Crippen molar-refractivity contribution in [1.82, 2.24) is 23.2 Å². The molecule has 0 spiro atoms. The van der Waals surface area contributed by atoms with Crippen LogP contribution in [0.25, 0.3) is 44.3 Å². The number of benzene rings is 4. The largest absolute Gasteiger partial charge is 0.483 e. The van der Waals surface area contributed by atoms with Gasteiger partial charge in [-0.2, -0.15) is 21.1 Å². The van der Waals surface area contributed by atoms with Gasteiger partial charge in [-0.25, -0.2) is 25.0 Å². The highest BCUT2D eigenvalue weighted by Gasteiger charge is 2.30. The van der Waals surface area contributed by atoms with Crippen molar-refractivity contribution in [3.8, 4) is 34.0 Å². The molecule has 4 aromatic carbocycles. The Morgan fingerprint density at radius 3 is 1.29 bits per heavy atom. The van der Waals surface area contributed by atoms with Crippen LogP contribution in [0.4, 0.5) is 0 Å². The summed E-state index contributed by atoms with van der Waals surface area (Å²) in [5, 5.41) is 15.6. The van der Waals surface area contributed by atoms with Crippen LogP contribution in [-0.2, 0) is 53.6 Å². The van der Waals surface area contributed by atoms with E-state index in [-0.39, 0.29) is 37.0 Å². The number of carbonyl (C=O) groups excluding carboxylic acids is 4. The molecule has 464 valence electrons. The van der Waals surface area contributed by atoms with Crippen LogP contribution in [-0.4, -0.2) is 132 Å². The molecule has 2 aromatic heterocycles. The average molecular weight is 1210 g/mol. The number of amides is 2. The normalized spacial score (nSPS) is 14.0. The summed E-state index contributed by atoms with van der Waals surface area (Å²) in [6.45, 7) is 3.59. The molecule has 85 heavy (non-hydrogen) atoms. The molecule has 22 heteroatoms. The highest BCUT2D eigenvalue weighted by Crippen LogP contribution is 2.48. The van der Waals surface area contributed by atoms with E-state index in [1.54, 1.807) is 16.8 Å². The maximum atomic E-state index is 12.9. The summed E-state index contributed by atoms with van der Waals surface area (Å²) in [7, 11) is 4.49. The van der Waals surface area contributed by atoms with Gasteiger partial charge >= 0.3 is 11.9 Å². The molecule has 20 nitrogen and oxygen atoms in total. The van der Waals surface area contributed by atoms with Gasteiger partial charge in [-0.15, -0.1) is 0 Å². The van der Waals surface area contributed by atoms with E-state index in [9.17, 15) is 36.0 Å². The molecule has 2 fully saturated rings. The Morgan fingerprint density at radius 1 is 0.541 bits per heavy atom. The molecule has 2 heterocycles. The number of ether oxygens (including phenoxy) is 4. The van der Waals surface area contributed by atoms with Crippen LogP contribution < -0.4 is 24.9 Å². The summed E-state index contributed by atoms with van der Waals surface area (Å²) in [6.07, 6.45) is 17.5. The number of rotatable bonds is 23. The van der Waals surface area contributed by atoms with Gasteiger partial charge in [-0.1, -0.05) is 101 Å². The lowest BCUT2D eigenvalue weighted by atomic mass is 9.81. The first-order valence-corrected chi connectivity index (χ1v) is 32.5. The molecule has 0 unspecified atom stereocenters. The van der Waals surface area contributed by atoms with Crippen LogP contribution in [0, 0.1) is 0 Å². The molecular weight excluding hydrogens is 1120 g/mol. The number of aromatic nitrogens is 2. The summed E-state index contributed by atoms with van der Waals surface area (Å²) < 4.78 is 68.8. The molecule has 6 aromatic rings. The number of unbranched alkanes of at least 4 members (excludes halogenated alkanes) is 4. The van der Waals surface area contributed by atoms with Crippen LogP contribution in [0.2, 0.25) is 0 Å². The molecular formula is C63H88N8O12S2. The smallest absolute Gasteiger partial charge is 0.337 e. The second-order valence-corrected chi connectivity index (χ2v) is 25.0. The van der Waals surface area contributed by atoms with Crippen LogP contribution in [0.5, 0.6) is 11.5 Å². The molecule has 2 aliphatic rings. The zero-order valence-electron chi connectivity index (χ0n) is 50.8. The summed E-state index contributed by atoms with van der Waals surface area (Å²) in [5.41, 5.74) is 9.58. The fourth-order valence-electron chi connectivity index (χ4n) is 11.6. The van der Waals surface area contributed by atoms with Gasteiger partial charge in [0.05, 0.1) is 36.7 Å². The minimum atomic E-state index is -3.71. The lowest BCUT2D eigenvalue weighted by Gasteiger charge is -2.24. The van der Waals surface area contributed by atoms with E-state index < -0.39 is 20.4 Å². The van der Waals surface area contributed by atoms with E-state index in [1.807, 2.05) is 86.9 Å². The van der Waals surface area contributed by atoms with Gasteiger partial charge < -0.3 is 37.9 Å². The minimum Gasteiger partial charge on any atom is -0.483 e. The number of likely N-dealkylation sites (N-methyl/N-ethyl adjacent to an activating group) is 2. The molecule has 8 rings (SSSR count). The molecule has 0 atom stereocenters. The third-order valence-corrected chi connectivity index (χ3v) is 17.2. The number of hydrogen-bond donors (Lipinski definition) is 3. The van der Waals surface area contributed by atoms with E-state index in [4.69, 9.17) is 24.1 Å². The predicted octanol–water partition coefficient (Wildman–Crippen LogP) is 9.68. The van der Waals surface area contributed by atoms with Crippen molar-refractivity contribution in [3.63, 3.8) is 0 Å². The van der Waals surface area contributed by atoms with Crippen LogP contribution in [0.15, 0.2) is 84.9 Å². The standard InChI is InChI=1S/C32H42N2O4.C31H42N4O6S.H4N2O2S/c1-5-6-7-13-20-33(2)29(35)22-38-28-17-12-11-16-26(28)31-30(23-14-9-8-10-15-23)25-19-18-24(32(36)37-4)21-27(25)34(31)3;1-33(18-10-11-19-34(2)42(32,38)39)28(36)21-41-27-15-9-8-14-25(27)30-29(22-12-6-5-7-13-22)24-17-16-23(31(37)40-4)20-26(24)35(30)3;1-5(2,3)4/h11-12,16-19,21,23H,5-10,13-15,20,22H2,1-4H3;8-9,14-17,20,22H,5-7,10-13,18-19,21H2,1-4H3,(H2,32,38,39);(H4,1,2,3,4). The fourth-order valence-corrected chi connectivity index (χ4v) is 12.0. The Bertz CT molecular complexity index is 3470. The molecule has 2 amide bonds. The Kier molecular flexibility index (Phi) is 25.0. The first-order valence-electron chi connectivity index (χ1n) is 29.4. The molecule has 6 N–H and O–H groups in total. The van der Waals surface area contributed by atoms with Crippen molar-refractivity contribution in [1.29, 1.82) is 0 Å². The zero-order chi connectivity index (χ0) is 62.0. The SMILES string of the molecule is CCCCCCN(C)C(=O)COc1ccccc1-c1c(C2CCCCC2)c2ccc(C(=O)OC)cc2n1C.COC(=O)c1ccc2c(C3CCCCC3)c(-c3ccccc3OCC(=O)N(C)CCCCN(C)S(N)(=O)=O)n(C)c2c1.NS(N)(=O)=O. The average Bonchev–Trinajstić information content (AvgIpc) is 1.76. The predicted molar refractivity (Wildman–Crippen MR) is 334 cm³/mol. The minimum absolute atomic E-state index is 0.0104. The van der Waals surface area contributed by atoms with Crippen LogP contribution in [0.1, 0.15) is 153 Å². The van der Waals surface area contributed by atoms with E-state index in [2.05, 4.69) is 45.5 Å². The second-order valence-electron chi connectivity index (χ2n) is 22.2. The van der Waals surface area contributed by atoms with Gasteiger partial charge in [0.1, 0.15) is 11.5 Å². The summed E-state index contributed by atoms with van der Waals surface area (Å²) in [4.78, 5) is 53.8. The van der Waals surface area contributed by atoms with Crippen LogP contribution >= 0.6 is 0 Å². The third kappa shape index (κ3) is 18.4. The van der Waals surface area contributed by atoms with Gasteiger partial charge in [0.2, 0.25) is 0 Å². The number of aryl methyl sites for hydroxylation is 2. The van der Waals surface area contributed by atoms with E-state index in [0.29, 0.717) is 60.4 Å². The summed E-state index contributed by atoms with van der Waals surface area (Å²) in [6, 6.07) is 27.4. The van der Waals surface area contributed by atoms with Gasteiger partial charge in [-0.3, -0.25) is 9.59 Å². The van der Waals surface area contributed by atoms with Gasteiger partial charge in [0.15, 0.2) is 13.2 Å². The van der Waals surface area contributed by atoms with Crippen molar-refractivity contribution < 1.29 is 55.0 Å². The summed E-state index contributed by atoms with van der Waals surface area (Å²) >= 11 is 0. The first kappa shape index (κ1) is 67.3. The Balaban J connectivity index is 0.000000253. The lowest BCUT2D eigenvalue weighted by molar-refractivity contribution is -0.132. The number of para-hydroxylation sites is 2. The summed E-state index contributed by atoms with van der Waals surface area (Å²) in [5.74, 6) is 1.25. The Hall–Kier alpha value is -6.82. The number of nitrogens with two attached hydrogens (primary N) is 3. The highest BCUT2D eigenvalue weighted by molar-refractivity contribution is 7.87. The maximum absolute atomic E-state index is 12.9. The topological polar surface area (TPSA) is 271 Å². The van der Waals surface area contributed by atoms with Crippen molar-refractivity contribution >= 4 is 66.0 Å². The Labute approximate surface area is 502 Å². The molecule has 0 aliphatic heterocycles. The number of fused-ring (bicyclic) bond motifs is 2. The number of hydrogen-bond acceptors (Lipinski definition) is 12. The molecule has 0 saturated heterocycles. The number of methoxy groups -OCH3 is 2. The number of nitrogens with zero attached hydrogens (tertiary/aromatic N) is 5. The van der Waals surface area contributed by atoms with Crippen molar-refractivity contribution in [3.05, 3.63) is 107 Å². The van der Waals surface area contributed by atoms with Crippen LogP contribution in [0.3, 0.4) is 0 Å². The molecule has 2 saturated carbocycles. The number of esters is 2. The zero-order valence-corrected chi connectivity index (χ0v) is 52.4. The van der Waals surface area contributed by atoms with Gasteiger partial charge in [0, 0.05) is 87.8 Å². The monoisotopic (exact) mass is 1210 g/mol. The quantitative estimate of drug-likeness (QED) is 0.0400. The number of carbonyl (C=O) groups is 4. The lowest BCUT2D eigenvalue weighted by Crippen LogP contribution is -2.35.